The number of nitrogens with one attached hydrogen (secondary N) is 2. The molecule has 0 unspecified atom stereocenters. The summed E-state index contributed by atoms with van der Waals surface area (Å²) in [6.45, 7) is 9.37. The molecule has 5 heteroatoms. The number of piperazine rings is 1. The zero-order valence-electron chi connectivity index (χ0n) is 13.1. The van der Waals surface area contributed by atoms with Crippen molar-refractivity contribution < 1.29 is 9.53 Å². The summed E-state index contributed by atoms with van der Waals surface area (Å²) in [5.41, 5.74) is 1.21. The van der Waals surface area contributed by atoms with Crippen molar-refractivity contribution in [2.24, 2.45) is 0 Å². The van der Waals surface area contributed by atoms with Crippen LogP contribution in [0.15, 0.2) is 43.0 Å². The molecule has 1 aromatic rings. The van der Waals surface area contributed by atoms with E-state index in [-0.39, 0.29) is 12.6 Å². The minimum absolute atomic E-state index is 0.155. The molecule has 1 amide bonds. The minimum Gasteiger partial charge on any atom is -0.445 e. The van der Waals surface area contributed by atoms with Crippen molar-refractivity contribution in [2.75, 3.05) is 32.8 Å². The predicted molar refractivity (Wildman–Crippen MR) is 87.8 cm³/mol. The maximum atomic E-state index is 11.7. The molecule has 0 saturated carbocycles. The molecule has 120 valence electrons. The molecule has 2 rings (SSSR count). The molecule has 5 nitrogen and oxygen atoms in total. The number of nitrogens with zero attached hydrogens (tertiary/aromatic N) is 1. The Labute approximate surface area is 132 Å². The van der Waals surface area contributed by atoms with Crippen LogP contribution in [0.4, 0.5) is 4.79 Å². The number of benzene rings is 1. The lowest BCUT2D eigenvalue weighted by Gasteiger charge is -2.38. The van der Waals surface area contributed by atoms with Gasteiger partial charge in [-0.1, -0.05) is 43.0 Å². The van der Waals surface area contributed by atoms with E-state index < -0.39 is 6.09 Å². The van der Waals surface area contributed by atoms with Crippen LogP contribution in [0.25, 0.3) is 0 Å². The van der Waals surface area contributed by atoms with Gasteiger partial charge in [0.05, 0.1) is 6.04 Å². The number of carbonyl (C=O) groups excluding carboxylic acids is 1. The van der Waals surface area contributed by atoms with Crippen LogP contribution < -0.4 is 10.6 Å². The van der Waals surface area contributed by atoms with E-state index in [0.29, 0.717) is 12.6 Å². The van der Waals surface area contributed by atoms with E-state index >= 15 is 0 Å². The third-order valence-electron chi connectivity index (χ3n) is 3.80. The topological polar surface area (TPSA) is 53.6 Å². The van der Waals surface area contributed by atoms with E-state index in [1.165, 1.54) is 5.56 Å². The van der Waals surface area contributed by atoms with Gasteiger partial charge in [-0.2, -0.15) is 0 Å². The Morgan fingerprint density at radius 2 is 2.32 bits per heavy atom. The number of rotatable bonds is 6. The largest absolute Gasteiger partial charge is 0.445 e. The summed E-state index contributed by atoms with van der Waals surface area (Å²) in [6, 6.07) is 10.9. The van der Waals surface area contributed by atoms with E-state index in [4.69, 9.17) is 4.74 Å². The molecule has 0 bridgehead atoms. The first-order valence-corrected chi connectivity index (χ1v) is 7.74. The van der Waals surface area contributed by atoms with Crippen molar-refractivity contribution in [3.05, 3.63) is 48.6 Å². The van der Waals surface area contributed by atoms with Gasteiger partial charge in [-0.25, -0.2) is 4.79 Å². The van der Waals surface area contributed by atoms with Crippen LogP contribution in [0.3, 0.4) is 0 Å². The number of alkyl carbamates (subject to hydrolysis) is 1. The van der Waals surface area contributed by atoms with E-state index in [1.54, 1.807) is 6.08 Å². The molecule has 2 atom stereocenters. The number of ether oxygens (including phenoxy) is 1. The summed E-state index contributed by atoms with van der Waals surface area (Å²) >= 11 is 0. The first-order chi connectivity index (χ1) is 10.7. The van der Waals surface area contributed by atoms with Gasteiger partial charge in [0.1, 0.15) is 6.61 Å². The molecule has 0 spiro atoms. The van der Waals surface area contributed by atoms with Gasteiger partial charge in [-0.05, 0) is 12.5 Å². The normalized spacial score (nSPS) is 20.1. The van der Waals surface area contributed by atoms with Crippen LogP contribution in [-0.4, -0.2) is 49.8 Å². The standard InChI is InChI=1S/C17H25N3O2/c1-3-11-22-17(21)19-12-16(15-7-5-4-6-8-15)20-10-9-18-14(2)13-20/h3-8,14,16,18H,1,9-13H2,2H3,(H,19,21)/t14-,16+/m1/s1. The SMILES string of the molecule is C=CCOC(=O)NC[C@@H](c1ccccc1)N1CCN[C@H](C)C1. The molecular formula is C17H25N3O2. The molecule has 0 aliphatic carbocycles. The molecule has 1 fully saturated rings. The summed E-state index contributed by atoms with van der Waals surface area (Å²) in [4.78, 5) is 14.1. The summed E-state index contributed by atoms with van der Waals surface area (Å²) in [6.07, 6.45) is 1.16. The first-order valence-electron chi connectivity index (χ1n) is 7.74. The van der Waals surface area contributed by atoms with Crippen LogP contribution in [0, 0.1) is 0 Å². The Balaban J connectivity index is 2.02. The fourth-order valence-electron chi connectivity index (χ4n) is 2.74. The average molecular weight is 303 g/mol. The molecule has 1 aliphatic rings. The summed E-state index contributed by atoms with van der Waals surface area (Å²) in [5, 5.41) is 6.30. The number of carbonyl (C=O) groups is 1. The quantitative estimate of drug-likeness (QED) is 0.789. The van der Waals surface area contributed by atoms with Gasteiger partial charge in [-0.15, -0.1) is 0 Å². The first kappa shape index (κ1) is 16.5. The maximum Gasteiger partial charge on any atom is 0.407 e. The van der Waals surface area contributed by atoms with Crippen molar-refractivity contribution in [3.8, 4) is 0 Å². The molecule has 1 aromatic carbocycles. The fraction of sp³-hybridized carbons (Fsp3) is 0.471. The van der Waals surface area contributed by atoms with Gasteiger partial charge in [0, 0.05) is 32.2 Å². The molecule has 1 aliphatic heterocycles. The van der Waals surface area contributed by atoms with E-state index in [9.17, 15) is 4.79 Å². The highest BCUT2D eigenvalue weighted by molar-refractivity contribution is 5.67. The van der Waals surface area contributed by atoms with Gasteiger partial charge in [0.2, 0.25) is 0 Å². The highest BCUT2D eigenvalue weighted by atomic mass is 16.5. The second-order valence-corrected chi connectivity index (χ2v) is 5.54. The molecule has 0 radical (unpaired) electrons. The fourth-order valence-corrected chi connectivity index (χ4v) is 2.74. The Kier molecular flexibility index (Phi) is 6.43. The van der Waals surface area contributed by atoms with Gasteiger partial charge >= 0.3 is 6.09 Å². The zero-order valence-corrected chi connectivity index (χ0v) is 13.1. The van der Waals surface area contributed by atoms with E-state index in [2.05, 4.69) is 41.2 Å². The van der Waals surface area contributed by atoms with Crippen LogP contribution in [0.2, 0.25) is 0 Å². The van der Waals surface area contributed by atoms with E-state index in [1.807, 2.05) is 18.2 Å². The Bertz CT molecular complexity index is 478. The van der Waals surface area contributed by atoms with Crippen LogP contribution in [0.1, 0.15) is 18.5 Å². The third kappa shape index (κ3) is 4.86. The summed E-state index contributed by atoms with van der Waals surface area (Å²) in [7, 11) is 0. The van der Waals surface area contributed by atoms with Crippen molar-refractivity contribution in [1.29, 1.82) is 0 Å². The number of hydrogen-bond donors (Lipinski definition) is 2. The van der Waals surface area contributed by atoms with Crippen LogP contribution in [0.5, 0.6) is 0 Å². The smallest absolute Gasteiger partial charge is 0.407 e. The second kappa shape index (κ2) is 8.56. The summed E-state index contributed by atoms with van der Waals surface area (Å²) in [5.74, 6) is 0. The molecule has 1 saturated heterocycles. The lowest BCUT2D eigenvalue weighted by atomic mass is 10.0. The van der Waals surface area contributed by atoms with Gasteiger partial charge < -0.3 is 15.4 Å². The Morgan fingerprint density at radius 1 is 1.55 bits per heavy atom. The van der Waals surface area contributed by atoms with E-state index in [0.717, 1.165) is 19.6 Å². The van der Waals surface area contributed by atoms with Crippen molar-refractivity contribution >= 4 is 6.09 Å². The zero-order chi connectivity index (χ0) is 15.8. The van der Waals surface area contributed by atoms with Gasteiger partial charge in [0.25, 0.3) is 0 Å². The van der Waals surface area contributed by atoms with Crippen molar-refractivity contribution in [1.82, 2.24) is 15.5 Å². The van der Waals surface area contributed by atoms with Gasteiger partial charge in [0.15, 0.2) is 0 Å². The molecule has 2 N–H and O–H groups in total. The molecule has 0 aromatic heterocycles. The monoisotopic (exact) mass is 303 g/mol. The highest BCUT2D eigenvalue weighted by Gasteiger charge is 2.25. The average Bonchev–Trinajstić information content (AvgIpc) is 2.54. The highest BCUT2D eigenvalue weighted by Crippen LogP contribution is 2.21. The predicted octanol–water partition coefficient (Wildman–Crippen LogP) is 1.93. The van der Waals surface area contributed by atoms with Crippen LogP contribution >= 0.6 is 0 Å². The lowest BCUT2D eigenvalue weighted by Crippen LogP contribution is -2.52. The number of amides is 1. The lowest BCUT2D eigenvalue weighted by molar-refractivity contribution is 0.132. The maximum absolute atomic E-state index is 11.7. The molecular weight excluding hydrogens is 278 g/mol. The third-order valence-corrected chi connectivity index (χ3v) is 3.80. The van der Waals surface area contributed by atoms with Crippen molar-refractivity contribution in [3.63, 3.8) is 0 Å². The Morgan fingerprint density at radius 3 is 3.00 bits per heavy atom. The number of hydrogen-bond acceptors (Lipinski definition) is 4. The molecule has 22 heavy (non-hydrogen) atoms. The second-order valence-electron chi connectivity index (χ2n) is 5.54. The van der Waals surface area contributed by atoms with Crippen LogP contribution in [-0.2, 0) is 4.74 Å². The van der Waals surface area contributed by atoms with Gasteiger partial charge in [-0.3, -0.25) is 4.90 Å². The van der Waals surface area contributed by atoms with Crippen molar-refractivity contribution in [2.45, 2.75) is 19.0 Å². The molecule has 1 heterocycles. The summed E-state index contributed by atoms with van der Waals surface area (Å²) < 4.78 is 4.99. The Hall–Kier alpha value is -1.85. The minimum atomic E-state index is -0.399.